The maximum absolute atomic E-state index is 13.1. The molecule has 5 nitrogen and oxygen atoms in total. The fourth-order valence-electron chi connectivity index (χ4n) is 4.19. The Morgan fingerprint density at radius 1 is 1.07 bits per heavy atom. The number of amides is 1. The van der Waals surface area contributed by atoms with Crippen molar-refractivity contribution in [2.45, 2.75) is 19.3 Å². The van der Waals surface area contributed by atoms with Gasteiger partial charge in [0.15, 0.2) is 5.75 Å². The van der Waals surface area contributed by atoms with Gasteiger partial charge >= 0.3 is 5.97 Å². The quantitative estimate of drug-likeness (QED) is 0.622. The Morgan fingerprint density at radius 3 is 2.69 bits per heavy atom. The van der Waals surface area contributed by atoms with E-state index in [2.05, 4.69) is 0 Å². The minimum atomic E-state index is -0.453. The zero-order valence-electron chi connectivity index (χ0n) is 15.9. The predicted molar refractivity (Wildman–Crippen MR) is 110 cm³/mol. The summed E-state index contributed by atoms with van der Waals surface area (Å²) in [4.78, 5) is 27.7. The zero-order chi connectivity index (χ0) is 20.0. The van der Waals surface area contributed by atoms with Crippen molar-refractivity contribution in [3.8, 4) is 5.75 Å². The maximum atomic E-state index is 13.1. The average molecular weight is 385 g/mol. The van der Waals surface area contributed by atoms with E-state index in [0.29, 0.717) is 17.0 Å². The van der Waals surface area contributed by atoms with Gasteiger partial charge in [0.2, 0.25) is 11.8 Å². The van der Waals surface area contributed by atoms with Crippen molar-refractivity contribution in [2.75, 3.05) is 11.5 Å². The first-order chi connectivity index (χ1) is 14.2. The first-order valence-electron chi connectivity index (χ1n) is 9.68. The number of benzene rings is 3. The van der Waals surface area contributed by atoms with Gasteiger partial charge in [-0.15, -0.1) is 0 Å². The van der Waals surface area contributed by atoms with E-state index in [1.165, 1.54) is 4.90 Å². The lowest BCUT2D eigenvalue weighted by Gasteiger charge is -2.30. The Labute approximate surface area is 168 Å². The lowest BCUT2D eigenvalue weighted by molar-refractivity contribution is -0.139. The second-order valence-corrected chi connectivity index (χ2v) is 7.06. The number of nitrogens with zero attached hydrogens (tertiary/aromatic N) is 1. The van der Waals surface area contributed by atoms with Crippen LogP contribution in [0.15, 0.2) is 78.2 Å². The molecule has 3 aromatic rings. The summed E-state index contributed by atoms with van der Waals surface area (Å²) in [5, 5.41) is 2.07. The molecule has 1 atom stereocenters. The molecule has 0 unspecified atom stereocenters. The van der Waals surface area contributed by atoms with Crippen LogP contribution in [0.1, 0.15) is 24.8 Å². The fourth-order valence-corrected chi connectivity index (χ4v) is 4.19. The first-order valence-corrected chi connectivity index (χ1v) is 9.68. The Hall–Kier alpha value is -3.60. The highest BCUT2D eigenvalue weighted by atomic mass is 16.5. The van der Waals surface area contributed by atoms with Crippen molar-refractivity contribution >= 4 is 28.3 Å². The predicted octanol–water partition coefficient (Wildman–Crippen LogP) is 4.53. The van der Waals surface area contributed by atoms with E-state index >= 15 is 0 Å². The molecule has 0 aliphatic carbocycles. The molecule has 5 rings (SSSR count). The number of carbonyl (C=O) groups excluding carboxylic acids is 2. The molecule has 0 saturated carbocycles. The highest BCUT2D eigenvalue weighted by molar-refractivity contribution is 6.07. The Balaban J connectivity index is 1.73. The van der Waals surface area contributed by atoms with E-state index in [1.54, 1.807) is 13.0 Å². The van der Waals surface area contributed by atoms with Crippen molar-refractivity contribution in [3.63, 3.8) is 0 Å². The molecule has 5 heteroatoms. The number of fused-ring (bicyclic) bond motifs is 4. The number of hydrogen-bond acceptors (Lipinski definition) is 4. The molecule has 1 amide bonds. The summed E-state index contributed by atoms with van der Waals surface area (Å²) in [7, 11) is 0. The maximum Gasteiger partial charge on any atom is 0.340 e. The van der Waals surface area contributed by atoms with Crippen LogP contribution in [0, 0.1) is 0 Å². The van der Waals surface area contributed by atoms with E-state index in [4.69, 9.17) is 9.47 Å². The molecule has 144 valence electrons. The number of para-hydroxylation sites is 2. The van der Waals surface area contributed by atoms with Gasteiger partial charge in [-0.1, -0.05) is 54.6 Å². The molecule has 2 heterocycles. The summed E-state index contributed by atoms with van der Waals surface area (Å²) >= 11 is 0. The standard InChI is InChI=1S/C24H19NO4/c1-2-28-24(27)22-18(17-11-7-9-15-8-3-4-10-16(15)17)14-21(26)25-19-12-5-6-13-20(19)29-23(22)25/h3-13,18H,2,14H2,1H3/t18-/m1/s1. The molecule has 2 aliphatic heterocycles. The minimum absolute atomic E-state index is 0.101. The summed E-state index contributed by atoms with van der Waals surface area (Å²) < 4.78 is 11.4. The first kappa shape index (κ1) is 17.5. The van der Waals surface area contributed by atoms with Crippen molar-refractivity contribution in [1.82, 2.24) is 0 Å². The van der Waals surface area contributed by atoms with Crippen LogP contribution in [0.5, 0.6) is 5.75 Å². The van der Waals surface area contributed by atoms with Gasteiger partial charge in [-0.2, -0.15) is 0 Å². The van der Waals surface area contributed by atoms with Gasteiger partial charge in [0.25, 0.3) is 0 Å². The number of carbonyl (C=O) groups is 2. The molecule has 0 fully saturated rings. The van der Waals surface area contributed by atoms with Crippen molar-refractivity contribution in [2.24, 2.45) is 0 Å². The summed E-state index contributed by atoms with van der Waals surface area (Å²) in [6.45, 7) is 2.02. The van der Waals surface area contributed by atoms with Crippen LogP contribution in [0.25, 0.3) is 10.8 Å². The molecular formula is C24H19NO4. The zero-order valence-corrected chi connectivity index (χ0v) is 15.9. The van der Waals surface area contributed by atoms with Crippen molar-refractivity contribution in [3.05, 3.63) is 83.7 Å². The van der Waals surface area contributed by atoms with Gasteiger partial charge in [-0.3, -0.25) is 4.79 Å². The molecule has 0 saturated heterocycles. The van der Waals surface area contributed by atoms with Crippen LogP contribution < -0.4 is 9.64 Å². The molecule has 0 aromatic heterocycles. The number of ether oxygens (including phenoxy) is 2. The average Bonchev–Trinajstić information content (AvgIpc) is 3.13. The smallest absolute Gasteiger partial charge is 0.340 e. The van der Waals surface area contributed by atoms with Crippen LogP contribution in [0.4, 0.5) is 5.69 Å². The minimum Gasteiger partial charge on any atom is -0.462 e. The molecule has 0 spiro atoms. The Kier molecular flexibility index (Phi) is 4.09. The lowest BCUT2D eigenvalue weighted by Crippen LogP contribution is -2.38. The molecular weight excluding hydrogens is 366 g/mol. The van der Waals surface area contributed by atoms with E-state index < -0.39 is 11.9 Å². The third-order valence-electron chi connectivity index (χ3n) is 5.42. The normalized spacial score (nSPS) is 17.8. The third-order valence-corrected chi connectivity index (χ3v) is 5.42. The second kappa shape index (κ2) is 6.78. The summed E-state index contributed by atoms with van der Waals surface area (Å²) in [6, 6.07) is 21.2. The number of anilines is 1. The molecule has 0 radical (unpaired) electrons. The van der Waals surface area contributed by atoms with Crippen LogP contribution in [0.3, 0.4) is 0 Å². The summed E-state index contributed by atoms with van der Waals surface area (Å²) in [5.74, 6) is -0.162. The second-order valence-electron chi connectivity index (χ2n) is 7.06. The van der Waals surface area contributed by atoms with E-state index in [0.717, 1.165) is 16.3 Å². The Morgan fingerprint density at radius 2 is 1.83 bits per heavy atom. The van der Waals surface area contributed by atoms with Crippen LogP contribution in [0.2, 0.25) is 0 Å². The van der Waals surface area contributed by atoms with Gasteiger partial charge in [-0.05, 0) is 35.4 Å². The molecule has 3 aromatic carbocycles. The van der Waals surface area contributed by atoms with Gasteiger partial charge in [0.05, 0.1) is 12.3 Å². The van der Waals surface area contributed by atoms with Crippen LogP contribution in [-0.4, -0.2) is 18.5 Å². The number of rotatable bonds is 3. The van der Waals surface area contributed by atoms with E-state index in [1.807, 2.05) is 60.7 Å². The monoisotopic (exact) mass is 385 g/mol. The van der Waals surface area contributed by atoms with Gasteiger partial charge in [0, 0.05) is 12.3 Å². The highest BCUT2D eigenvalue weighted by Gasteiger charge is 2.45. The van der Waals surface area contributed by atoms with E-state index in [9.17, 15) is 9.59 Å². The molecule has 2 aliphatic rings. The number of hydrogen-bond donors (Lipinski definition) is 0. The highest BCUT2D eigenvalue weighted by Crippen LogP contribution is 2.47. The van der Waals surface area contributed by atoms with Gasteiger partial charge in [-0.25, -0.2) is 9.69 Å². The third kappa shape index (κ3) is 2.70. The Bertz CT molecular complexity index is 1170. The van der Waals surface area contributed by atoms with Gasteiger partial charge < -0.3 is 9.47 Å². The van der Waals surface area contributed by atoms with Crippen molar-refractivity contribution < 1.29 is 19.1 Å². The van der Waals surface area contributed by atoms with E-state index in [-0.39, 0.29) is 24.8 Å². The lowest BCUT2D eigenvalue weighted by atomic mass is 9.83. The van der Waals surface area contributed by atoms with Crippen molar-refractivity contribution in [1.29, 1.82) is 0 Å². The summed E-state index contributed by atoms with van der Waals surface area (Å²) in [6.07, 6.45) is 0.170. The molecule has 0 bridgehead atoms. The van der Waals surface area contributed by atoms with Crippen LogP contribution >= 0.6 is 0 Å². The SMILES string of the molecule is CCOC(=O)C1=C2Oc3ccccc3N2C(=O)C[C@@H]1c1cccc2ccccc12. The summed E-state index contributed by atoms with van der Waals surface area (Å²) in [5.41, 5.74) is 1.97. The van der Waals surface area contributed by atoms with Crippen LogP contribution in [-0.2, 0) is 14.3 Å². The fraction of sp³-hybridized carbons (Fsp3) is 0.167. The van der Waals surface area contributed by atoms with Gasteiger partial charge in [0.1, 0.15) is 5.57 Å². The number of esters is 1. The molecule has 0 N–H and O–H groups in total. The molecule has 29 heavy (non-hydrogen) atoms. The largest absolute Gasteiger partial charge is 0.462 e. The topological polar surface area (TPSA) is 55.8 Å².